The molecule has 1 aliphatic heterocycles. The Morgan fingerprint density at radius 1 is 1.08 bits per heavy atom. The van der Waals surface area contributed by atoms with Crippen molar-refractivity contribution >= 4 is 22.7 Å². The Labute approximate surface area is 207 Å². The Morgan fingerprint density at radius 3 is 2.59 bits per heavy atom. The molecule has 37 heavy (non-hydrogen) atoms. The van der Waals surface area contributed by atoms with Crippen LogP contribution in [0.4, 0.5) is 33.6 Å². The number of benzene rings is 1. The molecule has 0 unspecified atom stereocenters. The summed E-state index contributed by atoms with van der Waals surface area (Å²) in [5.74, 6) is -1.26. The number of nitrogens with one attached hydrogen (secondary N) is 2. The van der Waals surface area contributed by atoms with Gasteiger partial charge in [0.2, 0.25) is 5.95 Å². The monoisotopic (exact) mass is 519 g/mol. The molecule has 0 spiro atoms. The summed E-state index contributed by atoms with van der Waals surface area (Å²) in [5.41, 5.74) is -1.13. The lowest BCUT2D eigenvalue weighted by Gasteiger charge is -2.18. The summed E-state index contributed by atoms with van der Waals surface area (Å²) in [4.78, 5) is 25.3. The van der Waals surface area contributed by atoms with Crippen molar-refractivity contribution in [2.75, 3.05) is 11.9 Å². The van der Waals surface area contributed by atoms with Crippen molar-refractivity contribution in [1.29, 1.82) is 0 Å². The standard InChI is InChI=1S/C24H22F5N7O/c1-23(2,26)19-17(25)5-6-18(33-19)36-20-16(21(37)35(36)12-24(27,28)29)11-31-22(34-20)32-15-4-3-14-10-30-8-7-13(14)9-15/h3-6,9,11,30H,7-8,10,12H2,1-2H3,(H,31,32,34). The van der Waals surface area contributed by atoms with Gasteiger partial charge in [-0.1, -0.05) is 6.07 Å². The zero-order valence-electron chi connectivity index (χ0n) is 19.8. The molecule has 13 heteroatoms. The first-order chi connectivity index (χ1) is 17.4. The van der Waals surface area contributed by atoms with Gasteiger partial charge >= 0.3 is 6.18 Å². The minimum Gasteiger partial charge on any atom is -0.324 e. The molecule has 0 amide bonds. The molecule has 0 saturated carbocycles. The molecule has 0 radical (unpaired) electrons. The molecule has 2 N–H and O–H groups in total. The molecule has 8 nitrogen and oxygen atoms in total. The van der Waals surface area contributed by atoms with E-state index >= 15 is 0 Å². The lowest BCUT2D eigenvalue weighted by atomic mass is 10.0. The summed E-state index contributed by atoms with van der Waals surface area (Å²) in [6.07, 6.45) is -2.83. The molecule has 4 aromatic rings. The van der Waals surface area contributed by atoms with Gasteiger partial charge in [-0.3, -0.25) is 4.79 Å². The fourth-order valence-electron chi connectivity index (χ4n) is 4.28. The van der Waals surface area contributed by atoms with Crippen LogP contribution in [0.15, 0.2) is 41.3 Å². The van der Waals surface area contributed by atoms with Crippen LogP contribution in [0.3, 0.4) is 0 Å². The van der Waals surface area contributed by atoms with E-state index in [1.54, 1.807) is 0 Å². The van der Waals surface area contributed by atoms with E-state index in [-0.39, 0.29) is 22.8 Å². The van der Waals surface area contributed by atoms with E-state index in [4.69, 9.17) is 0 Å². The highest BCUT2D eigenvalue weighted by molar-refractivity contribution is 5.77. The van der Waals surface area contributed by atoms with Gasteiger partial charge in [0.15, 0.2) is 11.5 Å². The van der Waals surface area contributed by atoms with E-state index in [0.29, 0.717) is 10.4 Å². The number of halogens is 5. The lowest BCUT2D eigenvalue weighted by Crippen LogP contribution is -2.30. The van der Waals surface area contributed by atoms with Gasteiger partial charge in [0.05, 0.1) is 0 Å². The third-order valence-corrected chi connectivity index (χ3v) is 5.96. The molecule has 0 aliphatic carbocycles. The van der Waals surface area contributed by atoms with Gasteiger partial charge in [0.25, 0.3) is 5.56 Å². The number of nitrogens with zero attached hydrogens (tertiary/aromatic N) is 5. The van der Waals surface area contributed by atoms with E-state index in [0.717, 1.165) is 67.5 Å². The van der Waals surface area contributed by atoms with E-state index < -0.39 is 35.5 Å². The number of hydrogen-bond donors (Lipinski definition) is 2. The Kier molecular flexibility index (Phi) is 5.97. The van der Waals surface area contributed by atoms with E-state index in [2.05, 4.69) is 25.6 Å². The zero-order chi connectivity index (χ0) is 26.5. The second-order valence-electron chi connectivity index (χ2n) is 9.23. The van der Waals surface area contributed by atoms with Crippen molar-refractivity contribution < 1.29 is 22.0 Å². The first-order valence-electron chi connectivity index (χ1n) is 11.4. The average molecular weight is 519 g/mol. The number of pyridine rings is 1. The summed E-state index contributed by atoms with van der Waals surface area (Å²) < 4.78 is 70.3. The van der Waals surface area contributed by atoms with Crippen LogP contribution in [-0.4, -0.2) is 37.0 Å². The smallest absolute Gasteiger partial charge is 0.324 e. The topological polar surface area (TPSA) is 89.7 Å². The molecule has 5 rings (SSSR count). The number of alkyl halides is 4. The lowest BCUT2D eigenvalue weighted by molar-refractivity contribution is -0.144. The maximum atomic E-state index is 14.6. The number of rotatable bonds is 5. The van der Waals surface area contributed by atoms with Gasteiger partial charge in [-0.05, 0) is 62.2 Å². The second-order valence-corrected chi connectivity index (χ2v) is 9.23. The van der Waals surface area contributed by atoms with Crippen molar-refractivity contribution in [3.63, 3.8) is 0 Å². The van der Waals surface area contributed by atoms with Crippen molar-refractivity contribution in [2.45, 2.75) is 45.2 Å². The van der Waals surface area contributed by atoms with Crippen LogP contribution in [0.25, 0.3) is 16.9 Å². The molecule has 194 valence electrons. The molecule has 0 atom stereocenters. The van der Waals surface area contributed by atoms with Gasteiger partial charge in [-0.2, -0.15) is 18.2 Å². The van der Waals surface area contributed by atoms with Gasteiger partial charge in [0.1, 0.15) is 29.1 Å². The van der Waals surface area contributed by atoms with Gasteiger partial charge in [-0.25, -0.2) is 28.1 Å². The molecule has 0 fully saturated rings. The molecule has 3 aromatic heterocycles. The third-order valence-electron chi connectivity index (χ3n) is 5.96. The number of fused-ring (bicyclic) bond motifs is 2. The predicted molar refractivity (Wildman–Crippen MR) is 126 cm³/mol. The minimum absolute atomic E-state index is 0.0208. The Bertz CT molecular complexity index is 1550. The SMILES string of the molecule is CC(C)(F)c1nc(-n2c3nc(Nc4ccc5c(c4)CCNC5)ncc3c(=O)n2CC(F)(F)F)ccc1F. The number of anilines is 2. The van der Waals surface area contributed by atoms with Crippen LogP contribution in [0, 0.1) is 5.82 Å². The maximum absolute atomic E-state index is 14.6. The Morgan fingerprint density at radius 2 is 1.86 bits per heavy atom. The fraction of sp³-hybridized carbons (Fsp3) is 0.333. The van der Waals surface area contributed by atoms with Crippen LogP contribution >= 0.6 is 0 Å². The van der Waals surface area contributed by atoms with Crippen molar-refractivity contribution in [3.05, 3.63) is 69.5 Å². The highest BCUT2D eigenvalue weighted by atomic mass is 19.4. The number of hydrogen-bond acceptors (Lipinski definition) is 6. The quantitative estimate of drug-likeness (QED) is 0.383. The molecule has 0 saturated heterocycles. The van der Waals surface area contributed by atoms with Gasteiger partial charge in [0, 0.05) is 18.4 Å². The van der Waals surface area contributed by atoms with Crippen LogP contribution in [0.1, 0.15) is 30.7 Å². The summed E-state index contributed by atoms with van der Waals surface area (Å²) in [6, 6.07) is 7.64. The Hall–Kier alpha value is -3.87. The maximum Gasteiger partial charge on any atom is 0.408 e. The Balaban J connectivity index is 1.66. The first kappa shape index (κ1) is 24.8. The van der Waals surface area contributed by atoms with Crippen LogP contribution < -0.4 is 16.2 Å². The minimum atomic E-state index is -4.77. The van der Waals surface area contributed by atoms with Gasteiger partial charge in [-0.15, -0.1) is 0 Å². The van der Waals surface area contributed by atoms with Crippen LogP contribution in [0.2, 0.25) is 0 Å². The molecule has 0 bridgehead atoms. The number of aromatic nitrogens is 5. The summed E-state index contributed by atoms with van der Waals surface area (Å²) >= 11 is 0. The molecular formula is C24H22F5N7O. The third kappa shape index (κ3) is 4.90. The van der Waals surface area contributed by atoms with Crippen molar-refractivity contribution in [3.8, 4) is 5.82 Å². The predicted octanol–water partition coefficient (Wildman–Crippen LogP) is 4.27. The largest absolute Gasteiger partial charge is 0.408 e. The second kappa shape index (κ2) is 8.91. The average Bonchev–Trinajstić information content (AvgIpc) is 3.08. The van der Waals surface area contributed by atoms with Crippen molar-refractivity contribution in [1.82, 2.24) is 29.6 Å². The highest BCUT2D eigenvalue weighted by Crippen LogP contribution is 2.28. The fourth-order valence-corrected chi connectivity index (χ4v) is 4.28. The van der Waals surface area contributed by atoms with E-state index in [9.17, 15) is 26.7 Å². The summed E-state index contributed by atoms with van der Waals surface area (Å²) in [6.45, 7) is 2.05. The summed E-state index contributed by atoms with van der Waals surface area (Å²) in [7, 11) is 0. The summed E-state index contributed by atoms with van der Waals surface area (Å²) in [5, 5.41) is 6.09. The van der Waals surface area contributed by atoms with Crippen LogP contribution in [0.5, 0.6) is 0 Å². The zero-order valence-corrected chi connectivity index (χ0v) is 19.8. The van der Waals surface area contributed by atoms with Crippen LogP contribution in [-0.2, 0) is 25.2 Å². The normalized spacial score (nSPS) is 14.1. The highest BCUT2D eigenvalue weighted by Gasteiger charge is 2.33. The first-order valence-corrected chi connectivity index (χ1v) is 11.4. The van der Waals surface area contributed by atoms with E-state index in [1.807, 2.05) is 18.2 Å². The van der Waals surface area contributed by atoms with Crippen molar-refractivity contribution in [2.24, 2.45) is 0 Å². The molecular weight excluding hydrogens is 497 g/mol. The molecule has 4 heterocycles. The molecule has 1 aliphatic rings. The molecule has 1 aromatic carbocycles. The van der Waals surface area contributed by atoms with E-state index in [1.165, 1.54) is 0 Å². The van der Waals surface area contributed by atoms with Gasteiger partial charge < -0.3 is 10.6 Å².